The topological polar surface area (TPSA) is 52.7 Å². The Hall–Kier alpha value is -2.82. The number of hydrogen-bond acceptors (Lipinski definition) is 3. The quantitative estimate of drug-likeness (QED) is 0.912. The number of nitrogens with zero attached hydrogens (tertiary/aromatic N) is 2. The highest BCUT2D eigenvalue weighted by molar-refractivity contribution is 5.89. The molecule has 27 heavy (non-hydrogen) atoms. The maximum atomic E-state index is 13.1. The maximum absolute atomic E-state index is 13.1. The molecule has 2 aliphatic rings. The van der Waals surface area contributed by atoms with Crippen LogP contribution in [0, 0.1) is 5.92 Å². The summed E-state index contributed by atoms with van der Waals surface area (Å²) in [4.78, 5) is 29.5. The number of rotatable bonds is 3. The predicted octanol–water partition coefficient (Wildman–Crippen LogP) is 3.05. The van der Waals surface area contributed by atoms with E-state index in [0.29, 0.717) is 26.1 Å². The third-order valence-corrected chi connectivity index (χ3v) is 5.64. The average molecular weight is 363 g/mol. The molecule has 1 saturated heterocycles. The Kier molecular flexibility index (Phi) is 4.84. The Morgan fingerprint density at radius 1 is 1.11 bits per heavy atom. The van der Waals surface area contributed by atoms with E-state index >= 15 is 0 Å². The molecule has 0 spiro atoms. The van der Waals surface area contributed by atoms with Crippen molar-refractivity contribution in [1.29, 1.82) is 0 Å². The van der Waals surface area contributed by atoms with E-state index in [4.69, 9.17) is 0 Å². The SMILES string of the molecule is C[C@@H](c1ccccc1)N1C[C@H](C(=O)N2CCNc3ccccc3C2)CC1=O. The van der Waals surface area contributed by atoms with Gasteiger partial charge in [-0.1, -0.05) is 48.5 Å². The maximum Gasteiger partial charge on any atom is 0.228 e. The van der Waals surface area contributed by atoms with Crippen molar-refractivity contribution in [2.24, 2.45) is 5.92 Å². The number of amides is 2. The first-order valence-corrected chi connectivity index (χ1v) is 9.58. The van der Waals surface area contributed by atoms with Gasteiger partial charge >= 0.3 is 0 Å². The molecule has 2 aromatic rings. The van der Waals surface area contributed by atoms with Crippen LogP contribution in [-0.2, 0) is 16.1 Å². The highest BCUT2D eigenvalue weighted by Crippen LogP contribution is 2.30. The van der Waals surface area contributed by atoms with E-state index in [1.807, 2.05) is 65.3 Å². The van der Waals surface area contributed by atoms with E-state index in [2.05, 4.69) is 11.4 Å². The van der Waals surface area contributed by atoms with Crippen LogP contribution in [0.5, 0.6) is 0 Å². The van der Waals surface area contributed by atoms with Crippen LogP contribution < -0.4 is 5.32 Å². The first-order chi connectivity index (χ1) is 13.1. The van der Waals surface area contributed by atoms with Gasteiger partial charge in [-0.2, -0.15) is 0 Å². The van der Waals surface area contributed by atoms with Crippen molar-refractivity contribution in [2.45, 2.75) is 25.9 Å². The largest absolute Gasteiger partial charge is 0.383 e. The lowest BCUT2D eigenvalue weighted by atomic mass is 10.1. The lowest BCUT2D eigenvalue weighted by molar-refractivity contribution is -0.136. The summed E-state index contributed by atoms with van der Waals surface area (Å²) < 4.78 is 0. The van der Waals surface area contributed by atoms with Gasteiger partial charge in [0.2, 0.25) is 11.8 Å². The van der Waals surface area contributed by atoms with Gasteiger partial charge in [0.05, 0.1) is 12.0 Å². The number of anilines is 1. The summed E-state index contributed by atoms with van der Waals surface area (Å²) in [6, 6.07) is 18.1. The Morgan fingerprint density at radius 2 is 1.85 bits per heavy atom. The molecule has 140 valence electrons. The summed E-state index contributed by atoms with van der Waals surface area (Å²) in [5.74, 6) is -0.100. The second-order valence-electron chi connectivity index (χ2n) is 7.38. The van der Waals surface area contributed by atoms with E-state index in [1.165, 1.54) is 0 Å². The minimum Gasteiger partial charge on any atom is -0.383 e. The monoisotopic (exact) mass is 363 g/mol. The number of para-hydroxylation sites is 1. The van der Waals surface area contributed by atoms with E-state index in [9.17, 15) is 9.59 Å². The number of carbonyl (C=O) groups is 2. The summed E-state index contributed by atoms with van der Waals surface area (Å²) in [6.07, 6.45) is 0.307. The van der Waals surface area contributed by atoms with Crippen LogP contribution in [0.4, 0.5) is 5.69 Å². The van der Waals surface area contributed by atoms with Gasteiger partial charge in [-0.05, 0) is 24.1 Å². The van der Waals surface area contributed by atoms with Gasteiger partial charge in [-0.3, -0.25) is 9.59 Å². The normalized spacial score (nSPS) is 20.6. The molecule has 0 aliphatic carbocycles. The standard InChI is InChI=1S/C22H25N3O2/c1-16(17-7-3-2-4-8-17)25-15-19(13-21(25)26)22(27)24-12-11-23-20-10-6-5-9-18(20)14-24/h2-10,16,19,23H,11-15H2,1H3/t16-,19+/m0/s1. The van der Waals surface area contributed by atoms with Crippen molar-refractivity contribution in [1.82, 2.24) is 9.80 Å². The molecular weight excluding hydrogens is 338 g/mol. The fraction of sp³-hybridized carbons (Fsp3) is 0.364. The van der Waals surface area contributed by atoms with Crippen LogP contribution in [0.3, 0.4) is 0 Å². The molecular formula is C22H25N3O2. The molecule has 2 heterocycles. The number of nitrogens with one attached hydrogen (secondary N) is 1. The Bertz CT molecular complexity index is 836. The minimum atomic E-state index is -0.256. The second-order valence-corrected chi connectivity index (χ2v) is 7.38. The lowest BCUT2D eigenvalue weighted by Crippen LogP contribution is -2.38. The summed E-state index contributed by atoms with van der Waals surface area (Å²) >= 11 is 0. The molecule has 0 saturated carbocycles. The second kappa shape index (κ2) is 7.43. The molecule has 2 atom stereocenters. The zero-order valence-electron chi connectivity index (χ0n) is 15.6. The van der Waals surface area contributed by atoms with Crippen molar-refractivity contribution in [3.8, 4) is 0 Å². The van der Waals surface area contributed by atoms with Crippen molar-refractivity contribution in [3.63, 3.8) is 0 Å². The first kappa shape index (κ1) is 17.6. The van der Waals surface area contributed by atoms with E-state index in [0.717, 1.165) is 23.4 Å². The molecule has 4 rings (SSSR count). The molecule has 2 aliphatic heterocycles. The van der Waals surface area contributed by atoms with Crippen molar-refractivity contribution in [2.75, 3.05) is 25.0 Å². The zero-order chi connectivity index (χ0) is 18.8. The van der Waals surface area contributed by atoms with Crippen LogP contribution in [0.2, 0.25) is 0 Å². The molecule has 0 bridgehead atoms. The van der Waals surface area contributed by atoms with Crippen LogP contribution in [-0.4, -0.2) is 41.2 Å². The minimum absolute atomic E-state index is 0.0111. The number of carbonyl (C=O) groups excluding carboxylic acids is 2. The molecule has 1 N–H and O–H groups in total. The first-order valence-electron chi connectivity index (χ1n) is 9.58. The van der Waals surface area contributed by atoms with Crippen LogP contribution in [0.15, 0.2) is 54.6 Å². The lowest BCUT2D eigenvalue weighted by Gasteiger charge is -2.27. The van der Waals surface area contributed by atoms with Crippen LogP contribution in [0.25, 0.3) is 0 Å². The molecule has 0 aromatic heterocycles. The fourth-order valence-electron chi connectivity index (χ4n) is 4.07. The summed E-state index contributed by atoms with van der Waals surface area (Å²) in [5, 5.41) is 3.39. The zero-order valence-corrected chi connectivity index (χ0v) is 15.6. The van der Waals surface area contributed by atoms with Crippen LogP contribution >= 0.6 is 0 Å². The molecule has 0 unspecified atom stereocenters. The molecule has 0 radical (unpaired) electrons. The predicted molar refractivity (Wildman–Crippen MR) is 105 cm³/mol. The van der Waals surface area contributed by atoms with Gasteiger partial charge in [0.25, 0.3) is 0 Å². The Labute approximate surface area is 160 Å². The van der Waals surface area contributed by atoms with E-state index < -0.39 is 0 Å². The van der Waals surface area contributed by atoms with Gasteiger partial charge in [-0.15, -0.1) is 0 Å². The van der Waals surface area contributed by atoms with Gasteiger partial charge in [0.1, 0.15) is 0 Å². The smallest absolute Gasteiger partial charge is 0.228 e. The van der Waals surface area contributed by atoms with Gasteiger partial charge < -0.3 is 15.1 Å². The molecule has 1 fully saturated rings. The Morgan fingerprint density at radius 3 is 2.67 bits per heavy atom. The van der Waals surface area contributed by atoms with Gasteiger partial charge in [-0.25, -0.2) is 0 Å². The highest BCUT2D eigenvalue weighted by atomic mass is 16.2. The fourth-order valence-corrected chi connectivity index (χ4v) is 4.07. The molecule has 2 aromatic carbocycles. The molecule has 5 heteroatoms. The third-order valence-electron chi connectivity index (χ3n) is 5.64. The number of likely N-dealkylation sites (tertiary alicyclic amines) is 1. The van der Waals surface area contributed by atoms with Crippen molar-refractivity contribution in [3.05, 3.63) is 65.7 Å². The van der Waals surface area contributed by atoms with Gasteiger partial charge in [0.15, 0.2) is 0 Å². The average Bonchev–Trinajstić information content (AvgIpc) is 2.96. The highest BCUT2D eigenvalue weighted by Gasteiger charge is 2.39. The van der Waals surface area contributed by atoms with Crippen molar-refractivity contribution < 1.29 is 9.59 Å². The molecule has 5 nitrogen and oxygen atoms in total. The summed E-state index contributed by atoms with van der Waals surface area (Å²) in [7, 11) is 0. The van der Waals surface area contributed by atoms with Gasteiger partial charge in [0, 0.05) is 38.3 Å². The van der Waals surface area contributed by atoms with Crippen LogP contribution in [0.1, 0.15) is 30.5 Å². The van der Waals surface area contributed by atoms with Crippen molar-refractivity contribution >= 4 is 17.5 Å². The Balaban J connectivity index is 1.46. The van der Waals surface area contributed by atoms with E-state index in [-0.39, 0.29) is 23.8 Å². The number of hydrogen-bond donors (Lipinski definition) is 1. The number of fused-ring (bicyclic) bond motifs is 1. The third kappa shape index (κ3) is 3.54. The molecule has 2 amide bonds. The summed E-state index contributed by atoms with van der Waals surface area (Å²) in [6.45, 7) is 4.52. The number of benzene rings is 2. The summed E-state index contributed by atoms with van der Waals surface area (Å²) in [5.41, 5.74) is 3.32. The van der Waals surface area contributed by atoms with E-state index in [1.54, 1.807) is 0 Å².